The number of hydrogen-bond acceptors (Lipinski definition) is 2. The highest BCUT2D eigenvalue weighted by Gasteiger charge is 2.19. The van der Waals surface area contributed by atoms with Gasteiger partial charge in [0.05, 0.1) is 4.90 Å². The van der Waals surface area contributed by atoms with E-state index in [1.807, 2.05) is 6.92 Å². The third-order valence-electron chi connectivity index (χ3n) is 3.11. The van der Waals surface area contributed by atoms with Gasteiger partial charge in [-0.3, -0.25) is 0 Å². The lowest BCUT2D eigenvalue weighted by Crippen LogP contribution is -2.27. The van der Waals surface area contributed by atoms with Gasteiger partial charge in [0.25, 0.3) is 0 Å². The average Bonchev–Trinajstić information content (AvgIpc) is 2.41. The van der Waals surface area contributed by atoms with Crippen LogP contribution in [-0.2, 0) is 10.0 Å². The first-order chi connectivity index (χ1) is 9.79. The number of nitrogens with one attached hydrogen (secondary N) is 1. The Hall–Kier alpha value is -1.79. The van der Waals surface area contributed by atoms with Crippen molar-refractivity contribution < 1.29 is 17.2 Å². The maximum Gasteiger partial charge on any atom is 0.241 e. The van der Waals surface area contributed by atoms with E-state index >= 15 is 0 Å². The molecular formula is C15H15F2NO2S. The van der Waals surface area contributed by atoms with Crippen molar-refractivity contribution in [3.05, 3.63) is 65.2 Å². The van der Waals surface area contributed by atoms with E-state index in [0.717, 1.165) is 17.7 Å². The van der Waals surface area contributed by atoms with Crippen LogP contribution in [0.5, 0.6) is 0 Å². The summed E-state index contributed by atoms with van der Waals surface area (Å²) in [6.07, 6.45) is 0. The number of rotatable bonds is 4. The molecule has 1 N–H and O–H groups in total. The monoisotopic (exact) mass is 311 g/mol. The zero-order valence-electron chi connectivity index (χ0n) is 11.6. The summed E-state index contributed by atoms with van der Waals surface area (Å²) in [5, 5.41) is 0. The van der Waals surface area contributed by atoms with Gasteiger partial charge in [-0.1, -0.05) is 23.8 Å². The van der Waals surface area contributed by atoms with E-state index in [4.69, 9.17) is 0 Å². The molecule has 0 aliphatic heterocycles. The van der Waals surface area contributed by atoms with Gasteiger partial charge in [-0.25, -0.2) is 21.9 Å². The van der Waals surface area contributed by atoms with Crippen LogP contribution in [0.1, 0.15) is 24.1 Å². The Morgan fingerprint density at radius 1 is 1.00 bits per heavy atom. The molecule has 6 heteroatoms. The smallest absolute Gasteiger partial charge is 0.207 e. The van der Waals surface area contributed by atoms with Gasteiger partial charge < -0.3 is 0 Å². The van der Waals surface area contributed by atoms with Gasteiger partial charge >= 0.3 is 0 Å². The minimum atomic E-state index is -3.71. The van der Waals surface area contributed by atoms with E-state index in [1.54, 1.807) is 19.1 Å². The molecule has 2 aromatic rings. The molecule has 0 spiro atoms. The quantitative estimate of drug-likeness (QED) is 0.941. The molecule has 2 aromatic carbocycles. The highest BCUT2D eigenvalue weighted by molar-refractivity contribution is 7.89. The van der Waals surface area contributed by atoms with Gasteiger partial charge in [0.15, 0.2) is 11.6 Å². The fraction of sp³-hybridized carbons (Fsp3) is 0.200. The first-order valence-electron chi connectivity index (χ1n) is 6.33. The van der Waals surface area contributed by atoms with Crippen molar-refractivity contribution in [3.8, 4) is 0 Å². The van der Waals surface area contributed by atoms with Crippen molar-refractivity contribution in [2.24, 2.45) is 0 Å². The summed E-state index contributed by atoms with van der Waals surface area (Å²) in [5.74, 6) is -1.97. The van der Waals surface area contributed by atoms with E-state index in [0.29, 0.717) is 5.56 Å². The molecule has 0 saturated carbocycles. The molecule has 0 bridgehead atoms. The molecule has 0 fully saturated rings. The SMILES string of the molecule is Cc1ccc(S(=O)(=O)N[C@H](C)c2ccc(F)c(F)c2)cc1. The predicted molar refractivity (Wildman–Crippen MR) is 76.3 cm³/mol. The van der Waals surface area contributed by atoms with Crippen molar-refractivity contribution in [2.75, 3.05) is 0 Å². The molecular weight excluding hydrogens is 296 g/mol. The fourth-order valence-corrected chi connectivity index (χ4v) is 3.10. The fourth-order valence-electron chi connectivity index (χ4n) is 1.87. The van der Waals surface area contributed by atoms with Crippen molar-refractivity contribution in [1.82, 2.24) is 4.72 Å². The average molecular weight is 311 g/mol. The Morgan fingerprint density at radius 3 is 2.19 bits per heavy atom. The van der Waals surface area contributed by atoms with Crippen molar-refractivity contribution in [1.29, 1.82) is 0 Å². The summed E-state index contributed by atoms with van der Waals surface area (Å²) in [5.41, 5.74) is 1.30. The van der Waals surface area contributed by atoms with E-state index < -0.39 is 27.7 Å². The Bertz CT molecular complexity index is 743. The maximum atomic E-state index is 13.2. The lowest BCUT2D eigenvalue weighted by atomic mass is 10.1. The first kappa shape index (κ1) is 15.6. The van der Waals surface area contributed by atoms with Crippen LogP contribution in [0, 0.1) is 18.6 Å². The number of benzene rings is 2. The molecule has 112 valence electrons. The summed E-state index contributed by atoms with van der Waals surface area (Å²) in [7, 11) is -3.71. The molecule has 2 rings (SSSR count). The number of sulfonamides is 1. The second-order valence-electron chi connectivity index (χ2n) is 4.83. The van der Waals surface area contributed by atoms with Gasteiger partial charge in [-0.15, -0.1) is 0 Å². The largest absolute Gasteiger partial charge is 0.241 e. The van der Waals surface area contributed by atoms with Crippen molar-refractivity contribution in [3.63, 3.8) is 0 Å². The molecule has 0 heterocycles. The van der Waals surface area contributed by atoms with Gasteiger partial charge in [0.1, 0.15) is 0 Å². The third-order valence-corrected chi connectivity index (χ3v) is 4.66. The van der Waals surface area contributed by atoms with Crippen LogP contribution in [-0.4, -0.2) is 8.42 Å². The standard InChI is InChI=1S/C15H15F2NO2S/c1-10-3-6-13(7-4-10)21(19,20)18-11(2)12-5-8-14(16)15(17)9-12/h3-9,11,18H,1-2H3/t11-/m1/s1. The molecule has 0 unspecified atom stereocenters. The summed E-state index contributed by atoms with van der Waals surface area (Å²) in [6, 6.07) is 9.00. The van der Waals surface area contributed by atoms with Crippen LogP contribution < -0.4 is 4.72 Å². The molecule has 3 nitrogen and oxygen atoms in total. The molecule has 1 atom stereocenters. The van der Waals surface area contributed by atoms with Crippen LogP contribution in [0.3, 0.4) is 0 Å². The highest BCUT2D eigenvalue weighted by Crippen LogP contribution is 2.19. The summed E-state index contributed by atoms with van der Waals surface area (Å²) >= 11 is 0. The van der Waals surface area contributed by atoms with E-state index in [1.165, 1.54) is 18.2 Å². The molecule has 21 heavy (non-hydrogen) atoms. The number of aryl methyl sites for hydroxylation is 1. The molecule has 0 aliphatic rings. The topological polar surface area (TPSA) is 46.2 Å². The van der Waals surface area contributed by atoms with E-state index in [9.17, 15) is 17.2 Å². The van der Waals surface area contributed by atoms with Crippen molar-refractivity contribution >= 4 is 10.0 Å². The molecule has 0 aromatic heterocycles. The van der Waals surface area contributed by atoms with Gasteiger partial charge in [0, 0.05) is 6.04 Å². The number of halogens is 2. The summed E-state index contributed by atoms with van der Waals surface area (Å²) in [6.45, 7) is 3.42. The highest BCUT2D eigenvalue weighted by atomic mass is 32.2. The Kier molecular flexibility index (Phi) is 4.39. The summed E-state index contributed by atoms with van der Waals surface area (Å²) < 4.78 is 52.9. The first-order valence-corrected chi connectivity index (χ1v) is 7.82. The summed E-state index contributed by atoms with van der Waals surface area (Å²) in [4.78, 5) is 0.127. The van der Waals surface area contributed by atoms with Gasteiger partial charge in [-0.2, -0.15) is 0 Å². The Labute approximate surface area is 122 Å². The second-order valence-corrected chi connectivity index (χ2v) is 6.54. The van der Waals surface area contributed by atoms with Crippen LogP contribution in [0.2, 0.25) is 0 Å². The third kappa shape index (κ3) is 3.65. The van der Waals surface area contributed by atoms with E-state index in [-0.39, 0.29) is 4.90 Å². The van der Waals surface area contributed by atoms with Crippen LogP contribution in [0.4, 0.5) is 8.78 Å². The second kappa shape index (κ2) is 5.91. The Balaban J connectivity index is 2.23. The normalized spacial score (nSPS) is 13.1. The van der Waals surface area contributed by atoms with Crippen LogP contribution in [0.25, 0.3) is 0 Å². The Morgan fingerprint density at radius 2 is 1.62 bits per heavy atom. The molecule has 0 radical (unpaired) electrons. The van der Waals surface area contributed by atoms with Gasteiger partial charge in [-0.05, 0) is 43.7 Å². The van der Waals surface area contributed by atoms with E-state index in [2.05, 4.69) is 4.72 Å². The van der Waals surface area contributed by atoms with Crippen LogP contribution >= 0.6 is 0 Å². The lowest BCUT2D eigenvalue weighted by molar-refractivity contribution is 0.504. The predicted octanol–water partition coefficient (Wildman–Crippen LogP) is 3.31. The molecule has 0 aliphatic carbocycles. The van der Waals surface area contributed by atoms with Crippen LogP contribution in [0.15, 0.2) is 47.4 Å². The lowest BCUT2D eigenvalue weighted by Gasteiger charge is -2.15. The number of hydrogen-bond donors (Lipinski definition) is 1. The zero-order chi connectivity index (χ0) is 15.6. The molecule has 0 amide bonds. The van der Waals surface area contributed by atoms with Crippen molar-refractivity contribution in [2.45, 2.75) is 24.8 Å². The zero-order valence-corrected chi connectivity index (χ0v) is 12.4. The maximum absolute atomic E-state index is 13.2. The van der Waals surface area contributed by atoms with Gasteiger partial charge in [0.2, 0.25) is 10.0 Å². The minimum Gasteiger partial charge on any atom is -0.207 e. The molecule has 0 saturated heterocycles. The minimum absolute atomic E-state index is 0.127.